The Bertz CT molecular complexity index is 3040. The van der Waals surface area contributed by atoms with E-state index in [1.165, 1.54) is 23.2 Å². The molecule has 0 amide bonds. The molecule has 0 radical (unpaired) electrons. The number of nitrogens with one attached hydrogen (secondary N) is 2. The first kappa shape index (κ1) is 54.0. The van der Waals surface area contributed by atoms with E-state index in [2.05, 4.69) is 58.5 Å². The van der Waals surface area contributed by atoms with Crippen LogP contribution in [0.15, 0.2) is 50.7 Å². The summed E-state index contributed by atoms with van der Waals surface area (Å²) in [6.07, 6.45) is -12.0. The van der Waals surface area contributed by atoms with Crippen molar-refractivity contribution in [3.8, 4) is 0 Å². The lowest BCUT2D eigenvalue weighted by molar-refractivity contribution is -0.0542. The van der Waals surface area contributed by atoms with Gasteiger partial charge in [0.25, 0.3) is 11.1 Å². The summed E-state index contributed by atoms with van der Waals surface area (Å²) in [5.74, 6) is -0.384. The summed E-state index contributed by atoms with van der Waals surface area (Å²) in [6.45, 7) is -2.01. The van der Waals surface area contributed by atoms with Crippen LogP contribution in [0.3, 0.4) is 0 Å². The van der Waals surface area contributed by atoms with Gasteiger partial charge in [0.2, 0.25) is 5.95 Å². The molecule has 0 aromatic carbocycles. The van der Waals surface area contributed by atoms with Gasteiger partial charge in [-0.25, -0.2) is 38.4 Å². The van der Waals surface area contributed by atoms with Crippen LogP contribution in [0.5, 0.6) is 0 Å². The van der Waals surface area contributed by atoms with Gasteiger partial charge in [-0.2, -0.15) is 4.98 Å². The van der Waals surface area contributed by atoms with Gasteiger partial charge in [-0.3, -0.25) is 36.9 Å². The first-order valence-corrected chi connectivity index (χ1v) is 23.7. The van der Waals surface area contributed by atoms with E-state index in [1.807, 2.05) is 0 Å². The second kappa shape index (κ2) is 21.6. The number of phosphoric ester groups is 3. The predicted molar refractivity (Wildman–Crippen MR) is 220 cm³/mol. The Labute approximate surface area is 384 Å². The molecule has 384 valence electrons. The maximum atomic E-state index is 11.8. The zero-order chi connectivity index (χ0) is 51.6. The average Bonchev–Trinajstić information content (AvgIpc) is 4.07. The van der Waals surface area contributed by atoms with E-state index in [-0.39, 0.29) is 34.1 Å². The highest BCUT2D eigenvalue weighted by molar-refractivity contribution is 7.46. The number of phosphoric acid groups is 3. The van der Waals surface area contributed by atoms with Crippen molar-refractivity contribution in [3.63, 3.8) is 0 Å². The zero-order valence-electron chi connectivity index (χ0n) is 34.5. The number of hydrogen-bond acceptors (Lipinski definition) is 25. The number of H-pyrrole nitrogens is 2. The van der Waals surface area contributed by atoms with E-state index < -0.39 is 134 Å². The number of nitrogens with zero attached hydrogens (tertiary/aromatic N) is 11. The van der Waals surface area contributed by atoms with Crippen LogP contribution in [0.4, 0.5) is 11.8 Å². The number of aliphatic hydroxyl groups is 6. The van der Waals surface area contributed by atoms with Crippen LogP contribution in [0.25, 0.3) is 32.8 Å². The molecule has 12 atom stereocenters. The Balaban J connectivity index is 0.000000173. The Morgan fingerprint density at radius 2 is 1.10 bits per heavy atom. The molecule has 8 rings (SSSR count). The highest BCUT2D eigenvalue weighted by atomic mass is 31.2. The summed E-state index contributed by atoms with van der Waals surface area (Å²) in [5.41, 5.74) is 11.9. The zero-order valence-corrected chi connectivity index (χ0v) is 37.2. The maximum absolute atomic E-state index is 11.8. The van der Waals surface area contributed by atoms with Gasteiger partial charge in [-0.05, 0) is 16.7 Å². The van der Waals surface area contributed by atoms with Crippen molar-refractivity contribution in [2.24, 2.45) is 5.11 Å². The summed E-state index contributed by atoms with van der Waals surface area (Å²) in [4.78, 5) is 113. The van der Waals surface area contributed by atoms with Crippen molar-refractivity contribution >= 4 is 57.6 Å². The van der Waals surface area contributed by atoms with Crippen molar-refractivity contribution in [2.45, 2.75) is 73.6 Å². The highest BCUT2D eigenvalue weighted by Crippen LogP contribution is 2.41. The van der Waals surface area contributed by atoms with Gasteiger partial charge in [0, 0.05) is 11.1 Å². The number of anilines is 1. The minimum atomic E-state index is -4.83. The van der Waals surface area contributed by atoms with Crippen molar-refractivity contribution in [2.75, 3.05) is 25.6 Å². The number of azide groups is 1. The molecule has 70 heavy (non-hydrogen) atoms. The monoisotopic (exact) mass is 1060 g/mol. The topological polar surface area (TPSA) is 586 Å². The Hall–Kier alpha value is -5.34. The third-order valence-electron chi connectivity index (χ3n) is 9.85. The predicted octanol–water partition coefficient (Wildman–Crippen LogP) is -5.81. The van der Waals surface area contributed by atoms with E-state index in [0.29, 0.717) is 0 Å². The molecule has 0 aliphatic carbocycles. The maximum Gasteiger partial charge on any atom is 0.469 e. The minimum Gasteiger partial charge on any atom is -0.387 e. The first-order chi connectivity index (χ1) is 32.7. The smallest absolute Gasteiger partial charge is 0.387 e. The lowest BCUT2D eigenvalue weighted by Crippen LogP contribution is -2.36. The fourth-order valence-corrected chi connectivity index (χ4v) is 7.73. The Kier molecular flexibility index (Phi) is 16.6. The number of aromatic nitrogens is 10. The van der Waals surface area contributed by atoms with Crippen LogP contribution in [-0.4, -0.2) is 183 Å². The van der Waals surface area contributed by atoms with Crippen LogP contribution >= 0.6 is 23.5 Å². The van der Waals surface area contributed by atoms with Crippen LogP contribution in [0, 0.1) is 0 Å². The van der Waals surface area contributed by atoms with Gasteiger partial charge in [-0.15, -0.1) is 0 Å². The SMILES string of the molecule is Nc1ccn([C@@H]2O[C@H](COP(=O)(O)O)[C@@H](O)[C@H]2O)c(=O)n1.O=c1[nH]cnc2c1ncn2[C@@H]1O[C@H](COP(=O)(O)O)[C@@H](O)[C@H]1O.[N-]=[N+]=Nc1nc2c(=O)[nH]cnc2n1[C@@H]1O[C@H](COP(=O)(O)O)[C@@H](O)[C@H]1O. The molecule has 3 fully saturated rings. The molecule has 3 saturated heterocycles. The van der Waals surface area contributed by atoms with Gasteiger partial charge in [0.15, 0.2) is 41.0 Å². The van der Waals surface area contributed by atoms with Gasteiger partial charge < -0.3 is 89.9 Å². The third-order valence-corrected chi connectivity index (χ3v) is 11.3. The summed E-state index contributed by atoms with van der Waals surface area (Å²) < 4.78 is 64.0. The molecule has 16 N–H and O–H groups in total. The number of aliphatic hydroxyl groups excluding tert-OH is 6. The van der Waals surface area contributed by atoms with Gasteiger partial charge in [0.05, 0.1) is 38.8 Å². The van der Waals surface area contributed by atoms with Crippen molar-refractivity contribution < 1.29 is 101 Å². The summed E-state index contributed by atoms with van der Waals surface area (Å²) in [6, 6.07) is 1.29. The molecule has 38 nitrogen and oxygen atoms in total. The summed E-state index contributed by atoms with van der Waals surface area (Å²) in [7, 11) is -14.3. The number of aromatic amines is 2. The Morgan fingerprint density at radius 1 is 0.657 bits per heavy atom. The number of nitrogens with two attached hydrogens (primary N) is 1. The van der Waals surface area contributed by atoms with E-state index in [4.69, 9.17) is 54.8 Å². The Morgan fingerprint density at radius 3 is 1.57 bits per heavy atom. The van der Waals surface area contributed by atoms with Crippen LogP contribution in [0.2, 0.25) is 0 Å². The molecule has 5 aromatic rings. The molecular formula is C29H39N14O24P3. The van der Waals surface area contributed by atoms with Crippen LogP contribution in [0.1, 0.15) is 18.7 Å². The van der Waals surface area contributed by atoms with Gasteiger partial charge >= 0.3 is 29.2 Å². The average molecular weight is 1060 g/mol. The largest absolute Gasteiger partial charge is 0.469 e. The minimum absolute atomic E-state index is 0.0210. The quantitative estimate of drug-likeness (QED) is 0.0226. The molecule has 0 bridgehead atoms. The number of hydrogen-bond donors (Lipinski definition) is 15. The van der Waals surface area contributed by atoms with Gasteiger partial charge in [0.1, 0.15) is 60.8 Å². The molecule has 8 heterocycles. The van der Waals surface area contributed by atoms with Crippen LogP contribution < -0.4 is 22.5 Å². The molecule has 5 aromatic heterocycles. The van der Waals surface area contributed by atoms with E-state index in [1.54, 1.807) is 0 Å². The molecule has 41 heteroatoms. The number of fused-ring (bicyclic) bond motifs is 2. The summed E-state index contributed by atoms with van der Waals surface area (Å²) in [5, 5.41) is 63.2. The number of rotatable bonds is 13. The lowest BCUT2D eigenvalue weighted by Gasteiger charge is -2.17. The lowest BCUT2D eigenvalue weighted by atomic mass is 10.1. The fraction of sp³-hybridized carbons (Fsp3) is 0.517. The van der Waals surface area contributed by atoms with E-state index in [9.17, 15) is 58.7 Å². The molecule has 3 aliphatic heterocycles. The van der Waals surface area contributed by atoms with Crippen molar-refractivity contribution in [1.82, 2.24) is 48.6 Å². The molecular weight excluding hydrogens is 1020 g/mol. The molecule has 0 unspecified atom stereocenters. The molecule has 0 saturated carbocycles. The molecule has 3 aliphatic rings. The van der Waals surface area contributed by atoms with Crippen molar-refractivity contribution in [1.29, 1.82) is 0 Å². The summed E-state index contributed by atoms with van der Waals surface area (Å²) >= 11 is 0. The van der Waals surface area contributed by atoms with E-state index in [0.717, 1.165) is 21.8 Å². The number of ether oxygens (including phenoxy) is 3. The van der Waals surface area contributed by atoms with Crippen molar-refractivity contribution in [3.05, 3.63) is 72.9 Å². The second-order valence-corrected chi connectivity index (χ2v) is 18.2. The highest BCUT2D eigenvalue weighted by Gasteiger charge is 2.48. The third kappa shape index (κ3) is 12.6. The van der Waals surface area contributed by atoms with Crippen LogP contribution in [-0.2, 0) is 41.5 Å². The molecule has 0 spiro atoms. The van der Waals surface area contributed by atoms with E-state index >= 15 is 0 Å². The van der Waals surface area contributed by atoms with Gasteiger partial charge in [-0.1, -0.05) is 0 Å². The number of imidazole rings is 2. The first-order valence-electron chi connectivity index (χ1n) is 19.1. The number of nitrogen functional groups attached to an aromatic ring is 1. The standard InChI is InChI=1S/C10H12N7O8P.C10H13N4O8P.C9H14N3O8P/c11-16-15-10-14-4-7(12-2-13-8(4)20)17(10)9-6(19)5(18)3(25-9)1-24-26(21,22)23;15-6-4(1-21-23(18,19)20)22-10(7(6)16)14-3-13-5-8(14)11-2-12-9(5)17;10-5-1-2-12(9(15)11-5)8-7(14)6(13)4(20-8)3-19-21(16,17)18/h2-3,5-6,9,18-19H,1H2,(H,12,13,20)(H2,21,22,23);2-4,6-7,10,15-16H,1H2,(H,11,12,17)(H2,18,19,20);1-2,4,6-8,13-14H,3H2,(H2,10,11,15)(H2,16,17,18)/t3-,5-,6-,9-;4-,6-,7-,10-;4-,6-,7-,8-/m111/s1. The fourth-order valence-electron chi connectivity index (χ4n) is 6.71. The second-order valence-electron chi connectivity index (χ2n) is 14.5. The normalized spacial score (nSPS) is 28.0.